The maximum atomic E-state index is 12.2. The molecule has 1 aliphatic carbocycles. The van der Waals surface area contributed by atoms with Crippen LogP contribution in [0.3, 0.4) is 0 Å². The molecule has 1 aromatic heterocycles. The summed E-state index contributed by atoms with van der Waals surface area (Å²) < 4.78 is 17.7. The monoisotopic (exact) mass is 603 g/mol. The van der Waals surface area contributed by atoms with Crippen molar-refractivity contribution >= 4 is 22.4 Å². The van der Waals surface area contributed by atoms with E-state index in [1.165, 1.54) is 7.11 Å². The third kappa shape index (κ3) is 5.49. The smallest absolute Gasteiger partial charge is 0.292 e. The predicted octanol–water partition coefficient (Wildman–Crippen LogP) is 7.29. The molecule has 1 N–H and O–H groups in total. The molecule has 0 saturated heterocycles. The molecule has 2 aliphatic rings. The van der Waals surface area contributed by atoms with Crippen LogP contribution in [0.25, 0.3) is 0 Å². The van der Waals surface area contributed by atoms with E-state index >= 15 is 0 Å². The lowest BCUT2D eigenvalue weighted by Gasteiger charge is -2.39. The van der Waals surface area contributed by atoms with E-state index < -0.39 is 11.2 Å². The second-order valence-corrected chi connectivity index (χ2v) is 10.2. The van der Waals surface area contributed by atoms with Gasteiger partial charge >= 0.3 is 0 Å². The molecule has 6 rings (SSSR count). The molecule has 1 aliphatic heterocycles. The lowest BCUT2D eigenvalue weighted by Crippen LogP contribution is -2.48. The SMILES string of the molecule is CC.COC=O.OC12CCC(c3ccccc3)C1(c1ccc(Br)cc1)Oc1cc(OCc3ccccc3)cnc12. The average molecular weight is 605 g/mol. The van der Waals surface area contributed by atoms with Gasteiger partial charge in [-0.3, -0.25) is 9.78 Å². The summed E-state index contributed by atoms with van der Waals surface area (Å²) in [7, 11) is 1.31. The van der Waals surface area contributed by atoms with Crippen molar-refractivity contribution in [1.82, 2.24) is 4.98 Å². The van der Waals surface area contributed by atoms with Crippen molar-refractivity contribution in [2.75, 3.05) is 7.11 Å². The molecule has 0 spiro atoms. The van der Waals surface area contributed by atoms with Crippen LogP contribution in [-0.4, -0.2) is 23.7 Å². The van der Waals surface area contributed by atoms with Gasteiger partial charge in [0.15, 0.2) is 11.2 Å². The normalized spacial score (nSPS) is 21.8. The molecule has 0 radical (unpaired) electrons. The zero-order valence-electron chi connectivity index (χ0n) is 22.9. The fraction of sp³-hybridized carbons (Fsp3) is 0.273. The number of carbonyl (C=O) groups excluding carboxylic acids is 1. The standard InChI is InChI=1S/C29H24BrNO3.C2H4O2.C2H6/c30-23-13-11-22(12-14-23)29-25(21-9-5-2-6-10-21)15-16-28(29,32)27-26(34-29)17-24(18-31-27)33-19-20-7-3-1-4-8-20;1-4-2-3;1-2/h1-14,17-18,25,32H,15-16,19H2;2H,1H3;1-2H3. The van der Waals surface area contributed by atoms with Crippen LogP contribution in [0.15, 0.2) is 102 Å². The zero-order valence-corrected chi connectivity index (χ0v) is 24.5. The van der Waals surface area contributed by atoms with Crippen molar-refractivity contribution < 1.29 is 24.1 Å². The Labute approximate surface area is 244 Å². The van der Waals surface area contributed by atoms with Crippen LogP contribution < -0.4 is 9.47 Å². The second kappa shape index (κ2) is 13.1. The number of fused-ring (bicyclic) bond motifs is 3. The average Bonchev–Trinajstić information content (AvgIpc) is 3.45. The van der Waals surface area contributed by atoms with Gasteiger partial charge in [0, 0.05) is 16.5 Å². The van der Waals surface area contributed by atoms with Crippen LogP contribution in [0.1, 0.15) is 55.0 Å². The van der Waals surface area contributed by atoms with E-state index in [0.29, 0.717) is 36.7 Å². The highest BCUT2D eigenvalue weighted by Gasteiger charge is 2.69. The Bertz CT molecular complexity index is 1380. The first-order valence-electron chi connectivity index (χ1n) is 13.4. The summed E-state index contributed by atoms with van der Waals surface area (Å²) in [5.74, 6) is 1.17. The topological polar surface area (TPSA) is 77.9 Å². The van der Waals surface area contributed by atoms with Crippen LogP contribution >= 0.6 is 15.9 Å². The highest BCUT2D eigenvalue weighted by atomic mass is 79.9. The fourth-order valence-corrected chi connectivity index (χ4v) is 5.84. The Morgan fingerprint density at radius 3 is 2.27 bits per heavy atom. The van der Waals surface area contributed by atoms with Gasteiger partial charge in [-0.05, 0) is 41.7 Å². The van der Waals surface area contributed by atoms with Crippen molar-refractivity contribution in [3.63, 3.8) is 0 Å². The van der Waals surface area contributed by atoms with E-state index in [-0.39, 0.29) is 5.92 Å². The zero-order chi connectivity index (χ0) is 28.6. The molecule has 208 valence electrons. The predicted molar refractivity (Wildman–Crippen MR) is 158 cm³/mol. The van der Waals surface area contributed by atoms with Crippen molar-refractivity contribution in [2.45, 2.75) is 50.4 Å². The number of rotatable bonds is 6. The number of benzene rings is 3. The van der Waals surface area contributed by atoms with Gasteiger partial charge < -0.3 is 19.3 Å². The lowest BCUT2D eigenvalue weighted by molar-refractivity contribution is -0.126. The van der Waals surface area contributed by atoms with Crippen LogP contribution in [0, 0.1) is 0 Å². The van der Waals surface area contributed by atoms with E-state index in [1.807, 2.05) is 92.7 Å². The Hall–Kier alpha value is -3.68. The Balaban J connectivity index is 0.000000568. The highest BCUT2D eigenvalue weighted by molar-refractivity contribution is 9.10. The summed E-state index contributed by atoms with van der Waals surface area (Å²) in [5, 5.41) is 12.2. The van der Waals surface area contributed by atoms with E-state index in [2.05, 4.69) is 32.8 Å². The summed E-state index contributed by atoms with van der Waals surface area (Å²) in [6.07, 6.45) is 3.05. The van der Waals surface area contributed by atoms with Crippen LogP contribution in [0.2, 0.25) is 0 Å². The van der Waals surface area contributed by atoms with Gasteiger partial charge in [-0.2, -0.15) is 0 Å². The van der Waals surface area contributed by atoms with E-state index in [9.17, 15) is 5.11 Å². The van der Waals surface area contributed by atoms with Gasteiger partial charge in [-0.1, -0.05) is 103 Å². The van der Waals surface area contributed by atoms with E-state index in [0.717, 1.165) is 27.6 Å². The quantitative estimate of drug-likeness (QED) is 0.233. The number of methoxy groups -OCH3 is 1. The maximum absolute atomic E-state index is 12.2. The molecule has 3 atom stereocenters. The molecule has 4 aromatic rings. The molecule has 2 heterocycles. The molecule has 1 saturated carbocycles. The number of aliphatic hydroxyl groups is 1. The van der Waals surface area contributed by atoms with Crippen LogP contribution in [0.4, 0.5) is 0 Å². The highest BCUT2D eigenvalue weighted by Crippen LogP contribution is 2.66. The van der Waals surface area contributed by atoms with Gasteiger partial charge in [-0.25, -0.2) is 0 Å². The molecule has 6 nitrogen and oxygen atoms in total. The van der Waals surface area contributed by atoms with E-state index in [1.54, 1.807) is 6.20 Å². The van der Waals surface area contributed by atoms with Gasteiger partial charge in [0.05, 0.1) is 13.3 Å². The molecule has 0 amide bonds. The lowest BCUT2D eigenvalue weighted by atomic mass is 9.73. The first-order valence-corrected chi connectivity index (χ1v) is 14.2. The molecule has 1 fully saturated rings. The second-order valence-electron chi connectivity index (χ2n) is 9.33. The molecular formula is C33H34BrNO5. The van der Waals surface area contributed by atoms with Crippen molar-refractivity contribution in [1.29, 1.82) is 0 Å². The van der Waals surface area contributed by atoms with Gasteiger partial charge in [0.2, 0.25) is 0 Å². The van der Waals surface area contributed by atoms with Gasteiger partial charge in [0.1, 0.15) is 23.8 Å². The summed E-state index contributed by atoms with van der Waals surface area (Å²) in [5.41, 5.74) is 1.54. The van der Waals surface area contributed by atoms with Crippen LogP contribution in [-0.2, 0) is 27.3 Å². The fourth-order valence-electron chi connectivity index (χ4n) is 5.57. The number of hydrogen-bond donors (Lipinski definition) is 1. The molecule has 3 unspecified atom stereocenters. The maximum Gasteiger partial charge on any atom is 0.292 e. The summed E-state index contributed by atoms with van der Waals surface area (Å²) in [6, 6.07) is 30.3. The number of nitrogens with zero attached hydrogens (tertiary/aromatic N) is 1. The molecule has 7 heteroatoms. The molecular weight excluding hydrogens is 570 g/mol. The first-order chi connectivity index (χ1) is 19.5. The molecule has 3 aromatic carbocycles. The van der Waals surface area contributed by atoms with Crippen molar-refractivity contribution in [3.8, 4) is 11.5 Å². The summed E-state index contributed by atoms with van der Waals surface area (Å²) >= 11 is 3.54. The van der Waals surface area contributed by atoms with Crippen LogP contribution in [0.5, 0.6) is 11.5 Å². The Kier molecular flexibility index (Phi) is 9.61. The minimum absolute atomic E-state index is 0.0252. The number of pyridine rings is 1. The molecule has 0 bridgehead atoms. The number of hydrogen-bond acceptors (Lipinski definition) is 6. The van der Waals surface area contributed by atoms with Gasteiger partial charge in [-0.15, -0.1) is 0 Å². The first kappa shape index (κ1) is 29.3. The minimum atomic E-state index is -1.24. The number of ether oxygens (including phenoxy) is 3. The number of aromatic nitrogens is 1. The third-order valence-corrected chi connectivity index (χ3v) is 7.74. The minimum Gasteiger partial charge on any atom is -0.487 e. The van der Waals surface area contributed by atoms with E-state index in [4.69, 9.17) is 19.3 Å². The van der Waals surface area contributed by atoms with Gasteiger partial charge in [0.25, 0.3) is 6.47 Å². The molecule has 40 heavy (non-hydrogen) atoms. The van der Waals surface area contributed by atoms with Crippen molar-refractivity contribution in [3.05, 3.63) is 124 Å². The Morgan fingerprint density at radius 1 is 1.02 bits per heavy atom. The largest absolute Gasteiger partial charge is 0.487 e. The Morgan fingerprint density at radius 2 is 1.65 bits per heavy atom. The number of carbonyl (C=O) groups is 1. The third-order valence-electron chi connectivity index (χ3n) is 7.21. The number of halogens is 1. The summed E-state index contributed by atoms with van der Waals surface area (Å²) in [6.45, 7) is 4.82. The van der Waals surface area contributed by atoms with Crippen molar-refractivity contribution in [2.24, 2.45) is 0 Å². The summed E-state index contributed by atoms with van der Waals surface area (Å²) in [4.78, 5) is 13.6.